The first-order valence-corrected chi connectivity index (χ1v) is 9.39. The van der Waals surface area contributed by atoms with Crippen LogP contribution < -0.4 is 16.4 Å². The topological polar surface area (TPSA) is 127 Å². The van der Waals surface area contributed by atoms with Crippen molar-refractivity contribution in [1.82, 2.24) is 10.6 Å². The van der Waals surface area contributed by atoms with E-state index in [4.69, 9.17) is 5.73 Å². The van der Waals surface area contributed by atoms with E-state index >= 15 is 0 Å². The van der Waals surface area contributed by atoms with E-state index < -0.39 is 16.7 Å². The number of nitrogen functional groups attached to an aromatic ring is 1. The number of carbonyl (C=O) groups excluding carboxylic acids is 2. The molecular formula is C23H20N4O4. The quantitative estimate of drug-likeness (QED) is 0.236. The zero-order chi connectivity index (χ0) is 22.2. The Morgan fingerprint density at radius 3 is 2.29 bits per heavy atom. The summed E-state index contributed by atoms with van der Waals surface area (Å²) >= 11 is 0. The fraction of sp³-hybridized carbons (Fsp3) is 0.0435. The number of nitro groups is 1. The number of nitro benzene ring substituents is 1. The predicted molar refractivity (Wildman–Crippen MR) is 118 cm³/mol. The molecule has 2 amide bonds. The van der Waals surface area contributed by atoms with Crippen molar-refractivity contribution < 1.29 is 14.5 Å². The molecule has 31 heavy (non-hydrogen) atoms. The number of benzene rings is 3. The van der Waals surface area contributed by atoms with Crippen molar-refractivity contribution in [3.8, 4) is 0 Å². The molecule has 0 bridgehead atoms. The Morgan fingerprint density at radius 2 is 1.58 bits per heavy atom. The molecule has 3 aromatic carbocycles. The first-order chi connectivity index (χ1) is 15.0. The summed E-state index contributed by atoms with van der Waals surface area (Å²) in [6.07, 6.45) is 1.28. The van der Waals surface area contributed by atoms with E-state index in [0.29, 0.717) is 16.8 Å². The molecule has 0 heterocycles. The highest BCUT2D eigenvalue weighted by Gasteiger charge is 2.18. The number of amides is 2. The molecule has 4 N–H and O–H groups in total. The molecule has 0 aliphatic carbocycles. The highest BCUT2D eigenvalue weighted by molar-refractivity contribution is 6.05. The summed E-state index contributed by atoms with van der Waals surface area (Å²) in [4.78, 5) is 36.3. The summed E-state index contributed by atoms with van der Waals surface area (Å²) in [5.74, 6) is -1.12. The predicted octanol–water partition coefficient (Wildman–Crippen LogP) is 3.26. The summed E-state index contributed by atoms with van der Waals surface area (Å²) < 4.78 is 0. The second-order valence-electron chi connectivity index (χ2n) is 6.58. The summed E-state index contributed by atoms with van der Waals surface area (Å²) in [5.41, 5.74) is 7.34. The molecule has 0 spiro atoms. The molecule has 0 atom stereocenters. The lowest BCUT2D eigenvalue weighted by molar-refractivity contribution is -0.385. The van der Waals surface area contributed by atoms with Crippen molar-refractivity contribution >= 4 is 29.3 Å². The lowest BCUT2D eigenvalue weighted by Crippen LogP contribution is -2.34. The summed E-state index contributed by atoms with van der Waals surface area (Å²) in [7, 11) is 0. The van der Waals surface area contributed by atoms with Crippen molar-refractivity contribution in [2.24, 2.45) is 0 Å². The maximum atomic E-state index is 12.9. The van der Waals surface area contributed by atoms with Gasteiger partial charge in [0.1, 0.15) is 5.70 Å². The van der Waals surface area contributed by atoms with Crippen LogP contribution in [0, 0.1) is 10.1 Å². The average molecular weight is 416 g/mol. The summed E-state index contributed by atoms with van der Waals surface area (Å²) in [5, 5.41) is 16.6. The van der Waals surface area contributed by atoms with Crippen molar-refractivity contribution in [2.45, 2.75) is 6.54 Å². The Kier molecular flexibility index (Phi) is 6.74. The number of nitrogens with two attached hydrogens (primary N) is 1. The molecule has 0 saturated carbocycles. The number of anilines is 1. The van der Waals surface area contributed by atoms with Gasteiger partial charge in [0.2, 0.25) is 0 Å². The monoisotopic (exact) mass is 416 g/mol. The number of para-hydroxylation sites is 2. The van der Waals surface area contributed by atoms with Gasteiger partial charge in [0.05, 0.1) is 10.5 Å². The Hall–Kier alpha value is -4.46. The maximum Gasteiger partial charge on any atom is 0.276 e. The van der Waals surface area contributed by atoms with E-state index in [1.54, 1.807) is 60.7 Å². The molecule has 0 aliphatic rings. The molecule has 0 saturated heterocycles. The number of hydrogen-bond acceptors (Lipinski definition) is 5. The van der Waals surface area contributed by atoms with E-state index in [1.165, 1.54) is 24.3 Å². The molecule has 0 fully saturated rings. The third kappa shape index (κ3) is 5.54. The number of nitrogens with one attached hydrogen (secondary N) is 2. The van der Waals surface area contributed by atoms with Gasteiger partial charge >= 0.3 is 0 Å². The van der Waals surface area contributed by atoms with E-state index in [2.05, 4.69) is 10.6 Å². The number of rotatable bonds is 7. The second kappa shape index (κ2) is 9.84. The summed E-state index contributed by atoms with van der Waals surface area (Å²) in [6, 6.07) is 21.3. The molecule has 3 rings (SSSR count). The van der Waals surface area contributed by atoms with Crippen LogP contribution in [-0.2, 0) is 11.3 Å². The lowest BCUT2D eigenvalue weighted by atomic mass is 10.1. The lowest BCUT2D eigenvalue weighted by Gasteiger charge is -2.12. The van der Waals surface area contributed by atoms with Crippen LogP contribution in [0.4, 0.5) is 11.4 Å². The van der Waals surface area contributed by atoms with Crippen LogP contribution in [0.25, 0.3) is 6.08 Å². The Morgan fingerprint density at radius 1 is 0.935 bits per heavy atom. The van der Waals surface area contributed by atoms with Crippen LogP contribution in [0.5, 0.6) is 0 Å². The highest BCUT2D eigenvalue weighted by Crippen LogP contribution is 2.20. The first kappa shape index (κ1) is 21.3. The third-order valence-electron chi connectivity index (χ3n) is 4.46. The molecule has 0 aliphatic heterocycles. The minimum Gasteiger partial charge on any atom is -0.398 e. The molecule has 0 aromatic heterocycles. The fourth-order valence-corrected chi connectivity index (χ4v) is 2.84. The Bertz CT molecular complexity index is 1140. The van der Waals surface area contributed by atoms with Crippen molar-refractivity contribution in [3.05, 3.63) is 111 Å². The molecule has 0 unspecified atom stereocenters. The molecular weight excluding hydrogens is 396 g/mol. The van der Waals surface area contributed by atoms with Gasteiger partial charge in [-0.2, -0.15) is 0 Å². The molecule has 0 radical (unpaired) electrons. The van der Waals surface area contributed by atoms with Crippen LogP contribution in [-0.4, -0.2) is 16.7 Å². The van der Waals surface area contributed by atoms with Gasteiger partial charge in [-0.1, -0.05) is 48.5 Å². The average Bonchev–Trinajstić information content (AvgIpc) is 2.78. The van der Waals surface area contributed by atoms with Gasteiger partial charge in [-0.05, 0) is 35.9 Å². The van der Waals surface area contributed by atoms with Crippen molar-refractivity contribution in [3.63, 3.8) is 0 Å². The van der Waals surface area contributed by atoms with Gasteiger partial charge < -0.3 is 16.4 Å². The van der Waals surface area contributed by atoms with E-state index in [1.807, 2.05) is 0 Å². The Labute approximate surface area is 178 Å². The normalized spacial score (nSPS) is 10.9. The summed E-state index contributed by atoms with van der Waals surface area (Å²) in [6.45, 7) is 0.126. The van der Waals surface area contributed by atoms with E-state index in [-0.39, 0.29) is 23.5 Å². The number of hydrogen-bond donors (Lipinski definition) is 3. The molecule has 8 nitrogen and oxygen atoms in total. The van der Waals surface area contributed by atoms with Crippen molar-refractivity contribution in [2.75, 3.05) is 5.73 Å². The zero-order valence-corrected chi connectivity index (χ0v) is 16.4. The number of carbonyl (C=O) groups is 2. The highest BCUT2D eigenvalue weighted by atomic mass is 16.6. The standard InChI is InChI=1S/C23H20N4O4/c24-19-12-6-4-11-18(19)15-25-23(29)20(26-22(28)16-8-2-1-3-9-16)14-17-10-5-7-13-21(17)27(30)31/h1-14H,15,24H2,(H,25,29)(H,26,28)/b20-14+. The molecule has 156 valence electrons. The van der Waals surface area contributed by atoms with E-state index in [0.717, 1.165) is 0 Å². The second-order valence-corrected chi connectivity index (χ2v) is 6.58. The van der Waals surface area contributed by atoms with Gasteiger partial charge in [-0.3, -0.25) is 19.7 Å². The van der Waals surface area contributed by atoms with Gasteiger partial charge in [0, 0.05) is 23.9 Å². The SMILES string of the molecule is Nc1ccccc1CNC(=O)/C(=C\c1ccccc1[N+](=O)[O-])NC(=O)c1ccccc1. The molecule has 8 heteroatoms. The van der Waals surface area contributed by atoms with Gasteiger partial charge in [0.25, 0.3) is 17.5 Å². The maximum absolute atomic E-state index is 12.9. The fourth-order valence-electron chi connectivity index (χ4n) is 2.84. The minimum absolute atomic E-state index is 0.126. The van der Waals surface area contributed by atoms with Crippen molar-refractivity contribution in [1.29, 1.82) is 0 Å². The van der Waals surface area contributed by atoms with Gasteiger partial charge in [0.15, 0.2) is 0 Å². The van der Waals surface area contributed by atoms with Gasteiger partial charge in [-0.15, -0.1) is 0 Å². The minimum atomic E-state index is -0.606. The largest absolute Gasteiger partial charge is 0.398 e. The smallest absolute Gasteiger partial charge is 0.276 e. The zero-order valence-electron chi connectivity index (χ0n) is 16.4. The number of nitrogens with zero attached hydrogens (tertiary/aromatic N) is 1. The molecule has 3 aromatic rings. The van der Waals surface area contributed by atoms with Crippen LogP contribution >= 0.6 is 0 Å². The van der Waals surface area contributed by atoms with Gasteiger partial charge in [-0.25, -0.2) is 0 Å². The van der Waals surface area contributed by atoms with Crippen LogP contribution in [0.15, 0.2) is 84.6 Å². The van der Waals surface area contributed by atoms with E-state index in [9.17, 15) is 19.7 Å². The van der Waals surface area contributed by atoms with Crippen LogP contribution in [0.2, 0.25) is 0 Å². The third-order valence-corrected chi connectivity index (χ3v) is 4.46. The van der Waals surface area contributed by atoms with Crippen LogP contribution in [0.3, 0.4) is 0 Å². The first-order valence-electron chi connectivity index (χ1n) is 9.39. The van der Waals surface area contributed by atoms with Crippen LogP contribution in [0.1, 0.15) is 21.5 Å². The Balaban J connectivity index is 1.90.